The Kier molecular flexibility index (Phi) is 7.19. The molecular weight excluding hydrogens is 307 g/mol. The Morgan fingerprint density at radius 3 is 1.70 bits per heavy atom. The first kappa shape index (κ1) is 18.1. The third-order valence-electron chi connectivity index (χ3n) is 3.35. The number of rotatable bonds is 8. The Hall–Kier alpha value is -1.25. The molecule has 0 N–H and O–H groups in total. The van der Waals surface area contributed by atoms with E-state index in [0.29, 0.717) is 13.2 Å². The maximum atomic E-state index is 6.23. The Morgan fingerprint density at radius 1 is 0.826 bits per heavy atom. The molecular formula is C19H25O3P. The second kappa shape index (κ2) is 9.14. The minimum absolute atomic E-state index is 0.195. The maximum absolute atomic E-state index is 6.23. The molecule has 0 amide bonds. The molecule has 0 unspecified atom stereocenters. The lowest BCUT2D eigenvalue weighted by atomic mass is 9.99. The monoisotopic (exact) mass is 332 g/mol. The van der Waals surface area contributed by atoms with Crippen LogP contribution in [0, 0.1) is 13.8 Å². The summed E-state index contributed by atoms with van der Waals surface area (Å²) in [5, 5.41) is 0. The largest absolute Gasteiger partial charge is 0.333 e. The van der Waals surface area contributed by atoms with Crippen molar-refractivity contribution < 1.29 is 13.6 Å². The number of benzene rings is 2. The molecule has 124 valence electrons. The van der Waals surface area contributed by atoms with Gasteiger partial charge in [-0.15, -0.1) is 0 Å². The molecule has 0 aliphatic carbocycles. The highest BCUT2D eigenvalue weighted by Gasteiger charge is 2.22. The second-order valence-corrected chi connectivity index (χ2v) is 6.55. The van der Waals surface area contributed by atoms with Crippen molar-refractivity contribution in [2.75, 3.05) is 13.2 Å². The van der Waals surface area contributed by atoms with Crippen molar-refractivity contribution in [1.29, 1.82) is 0 Å². The summed E-state index contributed by atoms with van der Waals surface area (Å²) in [6.07, 6.45) is -0.195. The van der Waals surface area contributed by atoms with Gasteiger partial charge in [-0.1, -0.05) is 59.7 Å². The Morgan fingerprint density at radius 2 is 1.30 bits per heavy atom. The molecule has 3 nitrogen and oxygen atoms in total. The van der Waals surface area contributed by atoms with Crippen molar-refractivity contribution in [3.8, 4) is 0 Å². The third kappa shape index (κ3) is 5.40. The quantitative estimate of drug-likeness (QED) is 0.580. The molecule has 23 heavy (non-hydrogen) atoms. The smallest absolute Gasteiger partial charge is 0.313 e. The second-order valence-electron chi connectivity index (χ2n) is 5.37. The minimum atomic E-state index is -1.37. The van der Waals surface area contributed by atoms with Crippen LogP contribution in [0.1, 0.15) is 42.2 Å². The average Bonchev–Trinajstić information content (AvgIpc) is 2.53. The van der Waals surface area contributed by atoms with Crippen LogP contribution in [0.15, 0.2) is 48.5 Å². The molecule has 0 atom stereocenters. The van der Waals surface area contributed by atoms with E-state index in [-0.39, 0.29) is 6.10 Å². The van der Waals surface area contributed by atoms with Gasteiger partial charge in [-0.2, -0.15) is 0 Å². The van der Waals surface area contributed by atoms with Crippen LogP contribution in [0.3, 0.4) is 0 Å². The molecule has 2 aromatic rings. The van der Waals surface area contributed by atoms with E-state index < -0.39 is 8.60 Å². The molecule has 0 spiro atoms. The molecule has 0 saturated carbocycles. The first-order valence-corrected chi connectivity index (χ1v) is 9.09. The van der Waals surface area contributed by atoms with Crippen molar-refractivity contribution in [1.82, 2.24) is 0 Å². The van der Waals surface area contributed by atoms with E-state index in [1.807, 2.05) is 13.8 Å². The van der Waals surface area contributed by atoms with Crippen LogP contribution in [0.2, 0.25) is 0 Å². The molecule has 2 rings (SSSR count). The number of aryl methyl sites for hydroxylation is 2. The number of hydrogen-bond donors (Lipinski definition) is 0. The first-order valence-electron chi connectivity index (χ1n) is 8.00. The molecule has 0 fully saturated rings. The summed E-state index contributed by atoms with van der Waals surface area (Å²) in [4.78, 5) is 0. The molecule has 0 aromatic heterocycles. The zero-order valence-corrected chi connectivity index (χ0v) is 15.2. The Balaban J connectivity index is 2.34. The van der Waals surface area contributed by atoms with Crippen LogP contribution in [-0.2, 0) is 13.6 Å². The van der Waals surface area contributed by atoms with Crippen molar-refractivity contribution in [3.05, 3.63) is 70.8 Å². The van der Waals surface area contributed by atoms with Gasteiger partial charge in [0.2, 0.25) is 0 Å². The van der Waals surface area contributed by atoms with Gasteiger partial charge in [0, 0.05) is 0 Å². The highest BCUT2D eigenvalue weighted by atomic mass is 31.2. The molecule has 0 saturated heterocycles. The molecule has 2 aromatic carbocycles. The van der Waals surface area contributed by atoms with Gasteiger partial charge >= 0.3 is 8.60 Å². The number of hydrogen-bond acceptors (Lipinski definition) is 3. The van der Waals surface area contributed by atoms with Gasteiger partial charge < -0.3 is 9.05 Å². The van der Waals surface area contributed by atoms with Crippen LogP contribution >= 0.6 is 8.60 Å². The van der Waals surface area contributed by atoms with E-state index in [1.165, 1.54) is 11.1 Å². The van der Waals surface area contributed by atoms with Crippen LogP contribution in [0.25, 0.3) is 0 Å². The summed E-state index contributed by atoms with van der Waals surface area (Å²) in [7, 11) is -1.37. The molecule has 0 radical (unpaired) electrons. The lowest BCUT2D eigenvalue weighted by Crippen LogP contribution is -2.06. The van der Waals surface area contributed by atoms with Crippen LogP contribution in [0.5, 0.6) is 0 Å². The fourth-order valence-corrected chi connectivity index (χ4v) is 3.41. The summed E-state index contributed by atoms with van der Waals surface area (Å²) in [5.41, 5.74) is 4.65. The van der Waals surface area contributed by atoms with Crippen molar-refractivity contribution in [2.24, 2.45) is 0 Å². The van der Waals surface area contributed by atoms with Gasteiger partial charge in [-0.05, 0) is 38.8 Å². The van der Waals surface area contributed by atoms with Crippen molar-refractivity contribution in [2.45, 2.75) is 33.8 Å². The van der Waals surface area contributed by atoms with E-state index in [2.05, 4.69) is 62.4 Å². The zero-order valence-electron chi connectivity index (χ0n) is 14.3. The van der Waals surface area contributed by atoms with Crippen LogP contribution < -0.4 is 0 Å². The predicted molar refractivity (Wildman–Crippen MR) is 95.5 cm³/mol. The summed E-state index contributed by atoms with van der Waals surface area (Å²) < 4.78 is 17.5. The van der Waals surface area contributed by atoms with E-state index in [0.717, 1.165) is 11.1 Å². The average molecular weight is 332 g/mol. The Labute approximate surface area is 140 Å². The SMILES string of the molecule is CCOP(OCC)OC(c1cccc(C)c1)c1cccc(C)c1. The van der Waals surface area contributed by atoms with E-state index >= 15 is 0 Å². The summed E-state index contributed by atoms with van der Waals surface area (Å²) >= 11 is 0. The highest BCUT2D eigenvalue weighted by molar-refractivity contribution is 7.41. The topological polar surface area (TPSA) is 27.7 Å². The van der Waals surface area contributed by atoms with Gasteiger partial charge in [-0.25, -0.2) is 0 Å². The maximum Gasteiger partial charge on any atom is 0.333 e. The van der Waals surface area contributed by atoms with Gasteiger partial charge in [0.25, 0.3) is 0 Å². The van der Waals surface area contributed by atoms with E-state index in [4.69, 9.17) is 13.6 Å². The molecule has 0 aliphatic heterocycles. The fraction of sp³-hybridized carbons (Fsp3) is 0.368. The molecule has 0 aliphatic rings. The summed E-state index contributed by atoms with van der Waals surface area (Å²) in [6.45, 7) is 9.22. The summed E-state index contributed by atoms with van der Waals surface area (Å²) in [6, 6.07) is 16.8. The lowest BCUT2D eigenvalue weighted by molar-refractivity contribution is 0.142. The van der Waals surface area contributed by atoms with E-state index in [9.17, 15) is 0 Å². The highest BCUT2D eigenvalue weighted by Crippen LogP contribution is 2.46. The molecule has 0 bridgehead atoms. The van der Waals surface area contributed by atoms with E-state index in [1.54, 1.807) is 0 Å². The van der Waals surface area contributed by atoms with Crippen molar-refractivity contribution >= 4 is 8.60 Å². The fourth-order valence-electron chi connectivity index (χ4n) is 2.38. The van der Waals surface area contributed by atoms with Gasteiger partial charge in [0.05, 0.1) is 13.2 Å². The summed E-state index contributed by atoms with van der Waals surface area (Å²) in [5.74, 6) is 0. The first-order chi connectivity index (χ1) is 11.1. The molecule has 0 heterocycles. The van der Waals surface area contributed by atoms with Gasteiger partial charge in [0.15, 0.2) is 0 Å². The predicted octanol–water partition coefficient (Wildman–Crippen LogP) is 5.71. The minimum Gasteiger partial charge on any atom is -0.313 e. The van der Waals surface area contributed by atoms with Crippen molar-refractivity contribution in [3.63, 3.8) is 0 Å². The van der Waals surface area contributed by atoms with Gasteiger partial charge in [-0.3, -0.25) is 4.52 Å². The zero-order chi connectivity index (χ0) is 16.7. The molecule has 4 heteroatoms. The standard InChI is InChI=1S/C19H25O3P/c1-5-20-23(21-6-2)22-19(17-11-7-9-15(3)13-17)18-12-8-10-16(4)14-18/h7-14,19H,5-6H2,1-4H3. The lowest BCUT2D eigenvalue weighted by Gasteiger charge is -2.24. The normalized spacial score (nSPS) is 11.4. The van der Waals surface area contributed by atoms with Crippen LogP contribution in [0.4, 0.5) is 0 Å². The van der Waals surface area contributed by atoms with Crippen LogP contribution in [-0.4, -0.2) is 13.2 Å². The third-order valence-corrected chi connectivity index (χ3v) is 4.67. The Bertz CT molecular complexity index is 564. The van der Waals surface area contributed by atoms with Gasteiger partial charge in [0.1, 0.15) is 6.10 Å².